The molecule has 178 valence electrons. The van der Waals surface area contributed by atoms with Crippen molar-refractivity contribution in [1.29, 1.82) is 10.8 Å². The zero-order valence-electron chi connectivity index (χ0n) is 19.8. The van der Waals surface area contributed by atoms with Gasteiger partial charge in [-0.05, 0) is 65.1 Å². The lowest BCUT2D eigenvalue weighted by Crippen LogP contribution is -2.43. The molecule has 0 spiro atoms. The molecule has 2 aromatic carbocycles. The fourth-order valence-corrected chi connectivity index (χ4v) is 5.64. The van der Waals surface area contributed by atoms with E-state index in [0.717, 1.165) is 39.0 Å². The van der Waals surface area contributed by atoms with Crippen molar-refractivity contribution in [2.45, 2.75) is 40.0 Å². The van der Waals surface area contributed by atoms with Crippen LogP contribution in [0.1, 0.15) is 49.6 Å². The number of benzene rings is 2. The Morgan fingerprint density at radius 2 is 1.85 bits per heavy atom. The highest BCUT2D eigenvalue weighted by atomic mass is 32.2. The lowest BCUT2D eigenvalue weighted by Gasteiger charge is -2.33. The molecule has 1 amide bonds. The highest BCUT2D eigenvalue weighted by Crippen LogP contribution is 2.45. The van der Waals surface area contributed by atoms with Crippen molar-refractivity contribution in [2.24, 2.45) is 11.3 Å². The van der Waals surface area contributed by atoms with Crippen LogP contribution in [0, 0.1) is 28.0 Å². The molecule has 1 aromatic heterocycles. The van der Waals surface area contributed by atoms with Crippen LogP contribution in [0.15, 0.2) is 60.7 Å². The van der Waals surface area contributed by atoms with Gasteiger partial charge in [0.1, 0.15) is 5.82 Å². The minimum atomic E-state index is -0.980. The van der Waals surface area contributed by atoms with E-state index in [-0.39, 0.29) is 16.9 Å². The van der Waals surface area contributed by atoms with Crippen molar-refractivity contribution in [1.82, 2.24) is 5.32 Å². The number of amidine groups is 1. The molecule has 0 fully saturated rings. The molecule has 0 bridgehead atoms. The van der Waals surface area contributed by atoms with Crippen LogP contribution in [-0.2, 0) is 11.2 Å². The molecule has 4 nitrogen and oxygen atoms in total. The van der Waals surface area contributed by atoms with Gasteiger partial charge in [0.05, 0.1) is 11.0 Å². The summed E-state index contributed by atoms with van der Waals surface area (Å²) >= 11 is 2.41. The van der Waals surface area contributed by atoms with E-state index in [1.807, 2.05) is 18.2 Å². The molecule has 3 aromatic rings. The summed E-state index contributed by atoms with van der Waals surface area (Å²) in [7, 11) is 0. The molecule has 0 saturated heterocycles. The molecule has 3 rings (SSSR count). The van der Waals surface area contributed by atoms with Crippen LogP contribution >= 0.6 is 23.1 Å². The lowest BCUT2D eigenvalue weighted by atomic mass is 9.73. The predicted octanol–water partition coefficient (Wildman–Crippen LogP) is 7.30. The Kier molecular flexibility index (Phi) is 8.44. The third-order valence-electron chi connectivity index (χ3n) is 5.69. The van der Waals surface area contributed by atoms with E-state index in [9.17, 15) is 9.18 Å². The van der Waals surface area contributed by atoms with Crippen LogP contribution < -0.4 is 5.32 Å². The summed E-state index contributed by atoms with van der Waals surface area (Å²) in [6.45, 7) is 8.02. The Labute approximate surface area is 209 Å². The molecule has 3 N–H and O–H groups in total. The topological polar surface area (TPSA) is 76.8 Å². The number of hydrogen-bond acceptors (Lipinski definition) is 5. The molecule has 1 atom stereocenters. The van der Waals surface area contributed by atoms with Crippen molar-refractivity contribution in [2.75, 3.05) is 0 Å². The first-order chi connectivity index (χ1) is 16.1. The summed E-state index contributed by atoms with van der Waals surface area (Å²) in [4.78, 5) is 15.2. The molecular formula is C27H30FN3OS2. The SMILES string of the molecule is CC(C)Cc1ccc(-c2ccc(C(c3cccc(F)c3)C(C)(C)C(=O)NC(=N)SC=N)s2)cc1. The Hall–Kier alpha value is -2.77. The van der Waals surface area contributed by atoms with E-state index in [2.05, 4.69) is 43.4 Å². The van der Waals surface area contributed by atoms with E-state index >= 15 is 0 Å². The molecule has 1 unspecified atom stereocenters. The van der Waals surface area contributed by atoms with Crippen LogP contribution in [0.2, 0.25) is 0 Å². The van der Waals surface area contributed by atoms with Crippen LogP contribution in [0.25, 0.3) is 10.4 Å². The number of thiophene rings is 1. The zero-order valence-corrected chi connectivity index (χ0v) is 21.4. The van der Waals surface area contributed by atoms with Gasteiger partial charge in [-0.25, -0.2) is 4.39 Å². The third kappa shape index (κ3) is 6.21. The summed E-state index contributed by atoms with van der Waals surface area (Å²) < 4.78 is 14.2. The van der Waals surface area contributed by atoms with Gasteiger partial charge >= 0.3 is 0 Å². The second kappa shape index (κ2) is 11.1. The molecule has 0 aliphatic rings. The van der Waals surface area contributed by atoms with Crippen molar-refractivity contribution >= 4 is 39.7 Å². The molecular weight excluding hydrogens is 465 g/mol. The first kappa shape index (κ1) is 25.8. The van der Waals surface area contributed by atoms with Crippen LogP contribution in [-0.4, -0.2) is 16.6 Å². The number of nitrogens with one attached hydrogen (secondary N) is 3. The standard InChI is InChI=1S/C27H30FN3OS2/c1-17(2)14-18-8-10-19(11-9-18)22-12-13-23(34-22)24(20-6-5-7-21(28)15-20)27(3,4)25(32)31-26(30)33-16-29/h5-13,15-17,24,29H,14H2,1-4H3,(H2,30,31,32). The van der Waals surface area contributed by atoms with E-state index in [1.54, 1.807) is 31.3 Å². The molecule has 1 heterocycles. The maximum atomic E-state index is 14.2. The van der Waals surface area contributed by atoms with Gasteiger partial charge in [-0.3, -0.25) is 10.2 Å². The lowest BCUT2D eigenvalue weighted by molar-refractivity contribution is -0.128. The largest absolute Gasteiger partial charge is 0.305 e. The maximum Gasteiger partial charge on any atom is 0.232 e. The predicted molar refractivity (Wildman–Crippen MR) is 143 cm³/mol. The molecule has 0 aliphatic carbocycles. The van der Waals surface area contributed by atoms with Crippen molar-refractivity contribution in [3.63, 3.8) is 0 Å². The third-order valence-corrected chi connectivity index (χ3v) is 7.34. The Bertz CT molecular complexity index is 1170. The summed E-state index contributed by atoms with van der Waals surface area (Å²) in [6, 6.07) is 19.0. The van der Waals surface area contributed by atoms with E-state index in [1.165, 1.54) is 17.7 Å². The number of carbonyl (C=O) groups is 1. The van der Waals surface area contributed by atoms with E-state index < -0.39 is 11.3 Å². The summed E-state index contributed by atoms with van der Waals surface area (Å²) in [6.07, 6.45) is 1.03. The van der Waals surface area contributed by atoms with Crippen molar-refractivity contribution < 1.29 is 9.18 Å². The normalized spacial score (nSPS) is 12.4. The molecule has 0 aliphatic heterocycles. The summed E-state index contributed by atoms with van der Waals surface area (Å²) in [5.41, 5.74) is 3.13. The number of carbonyl (C=O) groups excluding carboxylic acids is 1. The fraction of sp³-hybridized carbons (Fsp3) is 0.296. The number of amides is 1. The van der Waals surface area contributed by atoms with Gasteiger partial charge in [0, 0.05) is 15.7 Å². The fourth-order valence-electron chi connectivity index (χ4n) is 4.05. The Balaban J connectivity index is 1.98. The molecule has 0 radical (unpaired) electrons. The average molecular weight is 496 g/mol. The van der Waals surface area contributed by atoms with Crippen molar-refractivity contribution in [3.05, 3.63) is 82.5 Å². The van der Waals surface area contributed by atoms with Gasteiger partial charge in [0.25, 0.3) is 0 Å². The first-order valence-electron chi connectivity index (χ1n) is 11.1. The summed E-state index contributed by atoms with van der Waals surface area (Å²) in [5, 5.41) is 17.5. The zero-order chi connectivity index (χ0) is 24.9. The Morgan fingerprint density at radius 3 is 2.47 bits per heavy atom. The van der Waals surface area contributed by atoms with Gasteiger partial charge in [-0.2, -0.15) is 0 Å². The Morgan fingerprint density at radius 1 is 1.15 bits per heavy atom. The number of halogens is 1. The second-order valence-electron chi connectivity index (χ2n) is 9.23. The van der Waals surface area contributed by atoms with E-state index in [0.29, 0.717) is 11.5 Å². The van der Waals surface area contributed by atoms with Gasteiger partial charge in [-0.15, -0.1) is 11.3 Å². The second-order valence-corrected chi connectivity index (χ2v) is 11.2. The number of thioether (sulfide) groups is 1. The number of hydrogen-bond donors (Lipinski definition) is 3. The van der Waals surface area contributed by atoms with Gasteiger partial charge in [0.2, 0.25) is 5.91 Å². The van der Waals surface area contributed by atoms with Gasteiger partial charge < -0.3 is 10.7 Å². The highest BCUT2D eigenvalue weighted by molar-refractivity contribution is 8.24. The monoisotopic (exact) mass is 495 g/mol. The van der Waals surface area contributed by atoms with Crippen LogP contribution in [0.5, 0.6) is 0 Å². The molecule has 34 heavy (non-hydrogen) atoms. The quantitative estimate of drug-likeness (QED) is 0.226. The minimum Gasteiger partial charge on any atom is -0.305 e. The van der Waals surface area contributed by atoms with Crippen molar-refractivity contribution in [3.8, 4) is 10.4 Å². The number of rotatable bonds is 8. The highest BCUT2D eigenvalue weighted by Gasteiger charge is 2.40. The van der Waals surface area contributed by atoms with E-state index in [4.69, 9.17) is 10.8 Å². The van der Waals surface area contributed by atoms with Gasteiger partial charge in [0.15, 0.2) is 5.17 Å². The van der Waals surface area contributed by atoms with Crippen LogP contribution in [0.4, 0.5) is 4.39 Å². The first-order valence-corrected chi connectivity index (χ1v) is 12.8. The minimum absolute atomic E-state index is 0.112. The molecule has 7 heteroatoms. The summed E-state index contributed by atoms with van der Waals surface area (Å²) in [5.74, 6) is -0.532. The van der Waals surface area contributed by atoms with Gasteiger partial charge in [-0.1, -0.05) is 64.1 Å². The maximum absolute atomic E-state index is 14.2. The smallest absolute Gasteiger partial charge is 0.232 e. The average Bonchev–Trinajstić information content (AvgIpc) is 3.23. The molecule has 0 saturated carbocycles. The van der Waals surface area contributed by atoms with Crippen LogP contribution in [0.3, 0.4) is 0 Å².